The molecular weight excluding hydrogens is 768 g/mol. The summed E-state index contributed by atoms with van der Waals surface area (Å²) in [5, 5.41) is 7.49. The SMILES string of the molecule is C=CCCC(C(=O)NC)N(C)Cc1cc(C2CCN(CCC(C)(C)C(C)(C)Cc3cc4nc(C)nc(NCc5cccc(C)c5)c4cc3CC)CC2)c(F)cc1C=C.CC.CC. The number of carbonyl (C=O) groups excluding carboxylic acids is 1. The second-order valence-electron chi connectivity index (χ2n) is 18.0. The fourth-order valence-corrected chi connectivity index (χ4v) is 8.64. The Hall–Kier alpha value is -4.40. The Labute approximate surface area is 376 Å². The van der Waals surface area contributed by atoms with Crippen molar-refractivity contribution in [2.45, 2.75) is 146 Å². The van der Waals surface area contributed by atoms with Crippen LogP contribution in [0.2, 0.25) is 0 Å². The van der Waals surface area contributed by atoms with Gasteiger partial charge in [-0.2, -0.15) is 0 Å². The minimum absolute atomic E-state index is 0.0214. The average molecular weight is 849 g/mol. The molecule has 1 saturated heterocycles. The lowest BCUT2D eigenvalue weighted by atomic mass is 9.63. The first-order valence-corrected chi connectivity index (χ1v) is 23.4. The fraction of sp³-hybridized carbons (Fsp3) is 0.537. The second kappa shape index (κ2) is 24.4. The third kappa shape index (κ3) is 13.6. The van der Waals surface area contributed by atoms with E-state index in [1.165, 1.54) is 22.3 Å². The first-order valence-electron chi connectivity index (χ1n) is 23.4. The van der Waals surface area contributed by atoms with E-state index in [1.54, 1.807) is 19.2 Å². The van der Waals surface area contributed by atoms with Crippen LogP contribution in [0.4, 0.5) is 10.2 Å². The van der Waals surface area contributed by atoms with Crippen molar-refractivity contribution >= 4 is 28.7 Å². The molecule has 0 saturated carbocycles. The molecule has 340 valence electrons. The van der Waals surface area contributed by atoms with E-state index in [-0.39, 0.29) is 34.5 Å². The zero-order chi connectivity index (χ0) is 46.2. The van der Waals surface area contributed by atoms with Gasteiger partial charge in [-0.25, -0.2) is 14.4 Å². The summed E-state index contributed by atoms with van der Waals surface area (Å²) in [7, 11) is 3.63. The summed E-state index contributed by atoms with van der Waals surface area (Å²) in [5.74, 6) is 1.64. The number of allylic oxidation sites excluding steroid dienone is 1. The molecule has 0 aliphatic carbocycles. The molecule has 2 N–H and O–H groups in total. The smallest absolute Gasteiger partial charge is 0.237 e. The molecule has 1 aliphatic rings. The van der Waals surface area contributed by atoms with Crippen molar-refractivity contribution in [2.75, 3.05) is 39.0 Å². The maximum atomic E-state index is 15.7. The van der Waals surface area contributed by atoms with Crippen molar-refractivity contribution < 1.29 is 9.18 Å². The van der Waals surface area contributed by atoms with Gasteiger partial charge in [-0.3, -0.25) is 9.69 Å². The predicted molar refractivity (Wildman–Crippen MR) is 264 cm³/mol. The molecule has 3 aromatic carbocycles. The molecule has 1 unspecified atom stereocenters. The van der Waals surface area contributed by atoms with Crippen LogP contribution in [-0.4, -0.2) is 65.4 Å². The molecule has 5 rings (SSSR count). The van der Waals surface area contributed by atoms with Crippen molar-refractivity contribution in [3.8, 4) is 0 Å². The van der Waals surface area contributed by atoms with E-state index in [9.17, 15) is 4.79 Å². The molecule has 1 aliphatic heterocycles. The van der Waals surface area contributed by atoms with Gasteiger partial charge in [0.15, 0.2) is 0 Å². The van der Waals surface area contributed by atoms with E-state index >= 15 is 4.39 Å². The maximum absolute atomic E-state index is 15.7. The number of nitrogens with one attached hydrogen (secondary N) is 2. The number of carbonyl (C=O) groups is 1. The van der Waals surface area contributed by atoms with Crippen LogP contribution in [0.1, 0.15) is 145 Å². The zero-order valence-electron chi connectivity index (χ0n) is 40.9. The molecule has 1 amide bonds. The van der Waals surface area contributed by atoms with Gasteiger partial charge in [0.2, 0.25) is 5.91 Å². The highest BCUT2D eigenvalue weighted by Crippen LogP contribution is 2.45. The summed E-state index contributed by atoms with van der Waals surface area (Å²) in [4.78, 5) is 27.1. The summed E-state index contributed by atoms with van der Waals surface area (Å²) in [6, 6.07) is 16.6. The molecule has 0 spiro atoms. The fourth-order valence-electron chi connectivity index (χ4n) is 8.64. The molecule has 0 bridgehead atoms. The van der Waals surface area contributed by atoms with Crippen molar-refractivity contribution in [2.24, 2.45) is 10.8 Å². The van der Waals surface area contributed by atoms with Gasteiger partial charge in [-0.05, 0) is 154 Å². The van der Waals surface area contributed by atoms with Gasteiger partial charge in [0.05, 0.1) is 11.6 Å². The van der Waals surface area contributed by atoms with Gasteiger partial charge in [0.1, 0.15) is 17.5 Å². The van der Waals surface area contributed by atoms with Gasteiger partial charge in [0.25, 0.3) is 0 Å². The molecule has 0 radical (unpaired) electrons. The van der Waals surface area contributed by atoms with Crippen LogP contribution >= 0.6 is 0 Å². The Kier molecular flexibility index (Phi) is 20.5. The Morgan fingerprint density at radius 2 is 1.66 bits per heavy atom. The number of hydrogen-bond donors (Lipinski definition) is 2. The van der Waals surface area contributed by atoms with Gasteiger partial charge < -0.3 is 15.5 Å². The summed E-state index contributed by atoms with van der Waals surface area (Å²) in [5.41, 5.74) is 8.87. The van der Waals surface area contributed by atoms with E-state index in [0.717, 1.165) is 97.4 Å². The molecule has 1 fully saturated rings. The average Bonchev–Trinajstić information content (AvgIpc) is 3.26. The van der Waals surface area contributed by atoms with Crippen molar-refractivity contribution in [3.63, 3.8) is 0 Å². The monoisotopic (exact) mass is 849 g/mol. The van der Waals surface area contributed by atoms with E-state index in [4.69, 9.17) is 9.97 Å². The summed E-state index contributed by atoms with van der Waals surface area (Å²) in [6.07, 6.45) is 9.81. The number of aryl methyl sites for hydroxylation is 3. The minimum Gasteiger partial charge on any atom is -0.365 e. The highest BCUT2D eigenvalue weighted by Gasteiger charge is 2.38. The predicted octanol–water partition coefficient (Wildman–Crippen LogP) is 12.6. The van der Waals surface area contributed by atoms with Crippen LogP contribution in [0.25, 0.3) is 17.0 Å². The summed E-state index contributed by atoms with van der Waals surface area (Å²) < 4.78 is 15.7. The maximum Gasteiger partial charge on any atom is 0.237 e. The number of nitrogens with zero attached hydrogens (tertiary/aromatic N) is 4. The van der Waals surface area contributed by atoms with Crippen molar-refractivity contribution in [1.29, 1.82) is 0 Å². The number of fused-ring (bicyclic) bond motifs is 1. The number of piperidine rings is 1. The molecule has 8 heteroatoms. The highest BCUT2D eigenvalue weighted by atomic mass is 19.1. The number of likely N-dealkylation sites (tertiary alicyclic amines) is 1. The number of rotatable bonds is 19. The Balaban J connectivity index is 0.00000249. The lowest BCUT2D eigenvalue weighted by Gasteiger charge is -2.44. The normalized spacial score (nSPS) is 14.0. The number of amides is 1. The lowest BCUT2D eigenvalue weighted by molar-refractivity contribution is -0.125. The first-order chi connectivity index (χ1) is 29.6. The molecule has 4 aromatic rings. The van der Waals surface area contributed by atoms with Gasteiger partial charge >= 0.3 is 0 Å². The van der Waals surface area contributed by atoms with E-state index in [0.29, 0.717) is 19.5 Å². The van der Waals surface area contributed by atoms with E-state index < -0.39 is 0 Å². The number of likely N-dealkylation sites (N-methyl/N-ethyl adjacent to an activating group) is 2. The summed E-state index contributed by atoms with van der Waals surface area (Å²) in [6.45, 7) is 36.0. The molecule has 7 nitrogen and oxygen atoms in total. The van der Waals surface area contributed by atoms with Crippen LogP contribution in [0.15, 0.2) is 67.8 Å². The van der Waals surface area contributed by atoms with Crippen molar-refractivity contribution in [3.05, 3.63) is 118 Å². The van der Waals surface area contributed by atoms with Crippen LogP contribution in [-0.2, 0) is 30.7 Å². The third-order valence-corrected chi connectivity index (χ3v) is 13.2. The first kappa shape index (κ1) is 51.9. The number of benzene rings is 3. The zero-order valence-corrected chi connectivity index (χ0v) is 40.9. The minimum atomic E-state index is -0.294. The molecule has 1 atom stereocenters. The number of hydrogen-bond acceptors (Lipinski definition) is 6. The quantitative estimate of drug-likeness (QED) is 0.0916. The molecule has 62 heavy (non-hydrogen) atoms. The molecule has 2 heterocycles. The lowest BCUT2D eigenvalue weighted by Crippen LogP contribution is -2.43. The Bertz CT molecular complexity index is 2060. The standard InChI is InChI=1S/C50H69FN6O.2C2H6/c1-12-15-19-46(48(58)52-10)56(11)33-41-28-42(44(51)29-38(41)14-3)39-20-23-57(24-21-39)25-22-49(6,7)50(8,9)31-40-30-45-43(27-37(40)13-2)47(55-35(5)54-45)53-32-36-18-16-17-34(4)26-36;2*1-2/h12,14,16-18,26-30,39,46H,1,3,13,15,19-25,31-33H2,2,4-11H3,(H,52,58)(H,53,54,55);2*1-2H3. The van der Waals surface area contributed by atoms with Crippen LogP contribution in [0, 0.1) is 30.5 Å². The highest BCUT2D eigenvalue weighted by molar-refractivity contribution is 5.90. The van der Waals surface area contributed by atoms with Crippen LogP contribution in [0.3, 0.4) is 0 Å². The topological polar surface area (TPSA) is 73.4 Å². The van der Waals surface area contributed by atoms with Crippen molar-refractivity contribution in [1.82, 2.24) is 25.1 Å². The van der Waals surface area contributed by atoms with Crippen LogP contribution in [0.5, 0.6) is 0 Å². The third-order valence-electron chi connectivity index (χ3n) is 13.2. The van der Waals surface area contributed by atoms with E-state index in [2.05, 4.69) is 112 Å². The Morgan fingerprint density at radius 3 is 2.27 bits per heavy atom. The van der Waals surface area contributed by atoms with Crippen LogP contribution < -0.4 is 10.6 Å². The van der Waals surface area contributed by atoms with Gasteiger partial charge in [-0.15, -0.1) is 6.58 Å². The Morgan fingerprint density at radius 1 is 0.968 bits per heavy atom. The molecule has 1 aromatic heterocycles. The molecular formula is C54H81FN6O. The number of anilines is 1. The number of aromatic nitrogens is 2. The van der Waals surface area contributed by atoms with Gasteiger partial charge in [0, 0.05) is 25.5 Å². The number of halogens is 1. The second-order valence-corrected chi connectivity index (χ2v) is 18.0. The van der Waals surface area contributed by atoms with E-state index in [1.807, 2.05) is 53.8 Å². The summed E-state index contributed by atoms with van der Waals surface area (Å²) >= 11 is 0. The van der Waals surface area contributed by atoms with Gasteiger partial charge in [-0.1, -0.05) is 117 Å². The largest absolute Gasteiger partial charge is 0.365 e.